The van der Waals surface area contributed by atoms with Crippen LogP contribution in [0, 0.1) is 6.92 Å². The first-order chi connectivity index (χ1) is 8.24. The lowest BCUT2D eigenvalue weighted by molar-refractivity contribution is 0.0966. The highest BCUT2D eigenvalue weighted by atomic mass is 16.1. The fraction of sp³-hybridized carbons (Fsp3) is 0.133. The molecule has 0 spiro atoms. The normalized spacial score (nSPS) is 13.4. The molecule has 0 radical (unpaired) electrons. The molecule has 0 atom stereocenters. The van der Waals surface area contributed by atoms with Crippen LogP contribution in [0.2, 0.25) is 0 Å². The van der Waals surface area contributed by atoms with E-state index in [1.165, 1.54) is 5.56 Å². The second-order valence-corrected chi connectivity index (χ2v) is 4.42. The van der Waals surface area contributed by atoms with Crippen LogP contribution in [0.5, 0.6) is 0 Å². The van der Waals surface area contributed by atoms with Crippen LogP contribution >= 0.6 is 0 Å². The molecule has 0 bridgehead atoms. The van der Waals surface area contributed by atoms with Crippen molar-refractivity contribution in [3.8, 4) is 11.1 Å². The fourth-order valence-electron chi connectivity index (χ4n) is 2.14. The summed E-state index contributed by atoms with van der Waals surface area (Å²) in [6.07, 6.45) is 0. The minimum Gasteiger partial charge on any atom is -0.348 e. The molecule has 84 valence electrons. The number of carbonyl (C=O) groups excluding carboxylic acids is 1. The first-order valence-electron chi connectivity index (χ1n) is 5.72. The lowest BCUT2D eigenvalue weighted by Gasteiger charge is -2.04. The lowest BCUT2D eigenvalue weighted by Crippen LogP contribution is -2.12. The number of rotatable bonds is 1. The molecule has 0 aromatic heterocycles. The molecular weight excluding hydrogens is 210 g/mol. The summed E-state index contributed by atoms with van der Waals surface area (Å²) < 4.78 is 0. The minimum atomic E-state index is 0.0361. The standard InChI is InChI=1S/C15H13NO/c1-10-2-4-11(5-3-10)12-6-7-13-9-16-15(17)14(13)8-12/h2-8H,9H2,1H3,(H,16,17). The highest BCUT2D eigenvalue weighted by molar-refractivity contribution is 5.99. The summed E-state index contributed by atoms with van der Waals surface area (Å²) in [5.74, 6) is 0.0361. The zero-order chi connectivity index (χ0) is 11.8. The Kier molecular flexibility index (Phi) is 2.22. The number of fused-ring (bicyclic) bond motifs is 1. The van der Waals surface area contributed by atoms with E-state index in [1.54, 1.807) is 0 Å². The summed E-state index contributed by atoms with van der Waals surface area (Å²) in [6, 6.07) is 14.4. The van der Waals surface area contributed by atoms with Gasteiger partial charge in [-0.05, 0) is 29.7 Å². The molecule has 0 saturated heterocycles. The van der Waals surface area contributed by atoms with E-state index >= 15 is 0 Å². The van der Waals surface area contributed by atoms with Crippen LogP contribution in [0.1, 0.15) is 21.5 Å². The molecular formula is C15H13NO. The summed E-state index contributed by atoms with van der Waals surface area (Å²) in [7, 11) is 0. The van der Waals surface area contributed by atoms with E-state index in [1.807, 2.05) is 12.1 Å². The first-order valence-corrected chi connectivity index (χ1v) is 5.72. The van der Waals surface area contributed by atoms with Crippen LogP contribution in [0.15, 0.2) is 42.5 Å². The zero-order valence-corrected chi connectivity index (χ0v) is 9.66. The molecule has 1 aliphatic heterocycles. The molecule has 2 nitrogen and oxygen atoms in total. The summed E-state index contributed by atoms with van der Waals surface area (Å²) >= 11 is 0. The van der Waals surface area contributed by atoms with E-state index in [9.17, 15) is 4.79 Å². The number of benzene rings is 2. The largest absolute Gasteiger partial charge is 0.348 e. The molecule has 0 unspecified atom stereocenters. The van der Waals surface area contributed by atoms with Crippen molar-refractivity contribution in [2.24, 2.45) is 0 Å². The number of nitrogens with one attached hydrogen (secondary N) is 1. The van der Waals surface area contributed by atoms with Crippen LogP contribution < -0.4 is 5.32 Å². The summed E-state index contributed by atoms with van der Waals surface area (Å²) in [4.78, 5) is 11.6. The van der Waals surface area contributed by atoms with Crippen molar-refractivity contribution < 1.29 is 4.79 Å². The van der Waals surface area contributed by atoms with E-state index in [-0.39, 0.29) is 5.91 Å². The highest BCUT2D eigenvalue weighted by Crippen LogP contribution is 2.25. The van der Waals surface area contributed by atoms with Crippen LogP contribution in [0.3, 0.4) is 0 Å². The Hall–Kier alpha value is -2.09. The molecule has 2 heteroatoms. The van der Waals surface area contributed by atoms with Crippen molar-refractivity contribution >= 4 is 5.91 Å². The van der Waals surface area contributed by atoms with Gasteiger partial charge < -0.3 is 5.32 Å². The molecule has 17 heavy (non-hydrogen) atoms. The van der Waals surface area contributed by atoms with Crippen molar-refractivity contribution in [3.63, 3.8) is 0 Å². The Labute approximate surface area is 100 Å². The Balaban J connectivity index is 2.08. The maximum Gasteiger partial charge on any atom is 0.251 e. The second-order valence-electron chi connectivity index (χ2n) is 4.42. The average molecular weight is 223 g/mol. The molecule has 0 saturated carbocycles. The Bertz CT molecular complexity index is 584. The third kappa shape index (κ3) is 1.72. The molecule has 2 aromatic rings. The predicted molar refractivity (Wildman–Crippen MR) is 67.8 cm³/mol. The molecule has 0 aliphatic carbocycles. The van der Waals surface area contributed by atoms with Gasteiger partial charge in [0.15, 0.2) is 0 Å². The van der Waals surface area contributed by atoms with Crippen molar-refractivity contribution in [1.29, 1.82) is 0 Å². The van der Waals surface area contributed by atoms with Gasteiger partial charge in [0.25, 0.3) is 5.91 Å². The predicted octanol–water partition coefficient (Wildman–Crippen LogP) is 2.91. The van der Waals surface area contributed by atoms with Crippen LogP contribution in [-0.4, -0.2) is 5.91 Å². The number of hydrogen-bond acceptors (Lipinski definition) is 1. The van der Waals surface area contributed by atoms with E-state index in [0.29, 0.717) is 6.54 Å². The van der Waals surface area contributed by atoms with Crippen molar-refractivity contribution in [1.82, 2.24) is 5.32 Å². The quantitative estimate of drug-likeness (QED) is 0.791. The second kappa shape index (κ2) is 3.74. The summed E-state index contributed by atoms with van der Waals surface area (Å²) in [5.41, 5.74) is 5.39. The maximum atomic E-state index is 11.6. The average Bonchev–Trinajstić information content (AvgIpc) is 2.72. The zero-order valence-electron chi connectivity index (χ0n) is 9.66. The van der Waals surface area contributed by atoms with Gasteiger partial charge in [-0.1, -0.05) is 42.0 Å². The SMILES string of the molecule is Cc1ccc(-c2ccc3c(c2)C(=O)NC3)cc1. The number of carbonyl (C=O) groups is 1. The third-order valence-corrected chi connectivity index (χ3v) is 3.18. The number of amides is 1. The highest BCUT2D eigenvalue weighted by Gasteiger charge is 2.18. The van der Waals surface area contributed by atoms with Crippen LogP contribution in [-0.2, 0) is 6.54 Å². The van der Waals surface area contributed by atoms with E-state index in [0.717, 1.165) is 22.3 Å². The Morgan fingerprint density at radius 1 is 1.00 bits per heavy atom. The molecule has 1 heterocycles. The monoisotopic (exact) mass is 223 g/mol. The van der Waals surface area contributed by atoms with Gasteiger partial charge in [-0.3, -0.25) is 4.79 Å². The van der Waals surface area contributed by atoms with Gasteiger partial charge in [0.2, 0.25) is 0 Å². The molecule has 2 aromatic carbocycles. The van der Waals surface area contributed by atoms with Gasteiger partial charge >= 0.3 is 0 Å². The van der Waals surface area contributed by atoms with Crippen molar-refractivity contribution in [2.75, 3.05) is 0 Å². The van der Waals surface area contributed by atoms with Gasteiger partial charge in [0, 0.05) is 12.1 Å². The number of hydrogen-bond donors (Lipinski definition) is 1. The van der Waals surface area contributed by atoms with Crippen LogP contribution in [0.4, 0.5) is 0 Å². The lowest BCUT2D eigenvalue weighted by atomic mass is 10.00. The molecule has 3 rings (SSSR count). The molecule has 1 aliphatic rings. The maximum absolute atomic E-state index is 11.6. The minimum absolute atomic E-state index is 0.0361. The third-order valence-electron chi connectivity index (χ3n) is 3.18. The summed E-state index contributed by atoms with van der Waals surface area (Å²) in [6.45, 7) is 2.72. The van der Waals surface area contributed by atoms with Gasteiger partial charge in [0.1, 0.15) is 0 Å². The number of aryl methyl sites for hydroxylation is 1. The van der Waals surface area contributed by atoms with Crippen LogP contribution in [0.25, 0.3) is 11.1 Å². The van der Waals surface area contributed by atoms with Crippen molar-refractivity contribution in [3.05, 3.63) is 59.2 Å². The van der Waals surface area contributed by atoms with E-state index in [4.69, 9.17) is 0 Å². The van der Waals surface area contributed by atoms with E-state index < -0.39 is 0 Å². The first kappa shape index (κ1) is 10.1. The molecule has 0 fully saturated rings. The molecule has 1 N–H and O–H groups in total. The topological polar surface area (TPSA) is 29.1 Å². The molecule has 1 amide bonds. The van der Waals surface area contributed by atoms with Gasteiger partial charge in [-0.2, -0.15) is 0 Å². The van der Waals surface area contributed by atoms with Gasteiger partial charge in [-0.15, -0.1) is 0 Å². The van der Waals surface area contributed by atoms with E-state index in [2.05, 4.69) is 42.6 Å². The van der Waals surface area contributed by atoms with Crippen molar-refractivity contribution in [2.45, 2.75) is 13.5 Å². The summed E-state index contributed by atoms with van der Waals surface area (Å²) in [5, 5.41) is 2.83. The fourth-order valence-corrected chi connectivity index (χ4v) is 2.14. The van der Waals surface area contributed by atoms with Gasteiger partial charge in [0.05, 0.1) is 0 Å². The smallest absolute Gasteiger partial charge is 0.251 e. The Morgan fingerprint density at radius 2 is 1.71 bits per heavy atom. The Morgan fingerprint density at radius 3 is 2.47 bits per heavy atom. The van der Waals surface area contributed by atoms with Gasteiger partial charge in [-0.25, -0.2) is 0 Å².